The van der Waals surface area contributed by atoms with Crippen LogP contribution in [-0.4, -0.2) is 19.9 Å². The van der Waals surface area contributed by atoms with Crippen molar-refractivity contribution in [2.75, 3.05) is 0 Å². The van der Waals surface area contributed by atoms with Crippen molar-refractivity contribution < 1.29 is 0 Å². The summed E-state index contributed by atoms with van der Waals surface area (Å²) in [6.45, 7) is 0. The molecular weight excluding hydrogens is 761 g/mol. The van der Waals surface area contributed by atoms with Crippen molar-refractivity contribution in [3.8, 4) is 89.2 Å². The molecule has 0 atom stereocenters. The van der Waals surface area contributed by atoms with E-state index in [1.54, 1.807) is 0 Å². The number of para-hydroxylation sites is 1. The van der Waals surface area contributed by atoms with Gasteiger partial charge < -0.3 is 0 Å². The minimum absolute atomic E-state index is 0.620. The van der Waals surface area contributed by atoms with Gasteiger partial charge in [0.2, 0.25) is 0 Å². The van der Waals surface area contributed by atoms with E-state index in [-0.39, 0.29) is 0 Å². The van der Waals surface area contributed by atoms with Crippen LogP contribution in [0.2, 0.25) is 0 Å². The lowest BCUT2D eigenvalue weighted by atomic mass is 9.93. The van der Waals surface area contributed by atoms with E-state index >= 15 is 0 Å². The molecule has 11 rings (SSSR count). The molecule has 286 valence electrons. The minimum atomic E-state index is 0.620. The monoisotopic (exact) mass is 796 g/mol. The molecule has 0 aliphatic heterocycles. The predicted octanol–water partition coefficient (Wildman–Crippen LogP) is 15.0. The van der Waals surface area contributed by atoms with Gasteiger partial charge in [-0.05, 0) is 51.6 Å². The van der Waals surface area contributed by atoms with E-state index in [2.05, 4.69) is 182 Å². The van der Waals surface area contributed by atoms with E-state index in [4.69, 9.17) is 19.9 Å². The van der Waals surface area contributed by atoms with Crippen LogP contribution in [0.1, 0.15) is 0 Å². The van der Waals surface area contributed by atoms with Gasteiger partial charge in [-0.3, -0.25) is 0 Å². The van der Waals surface area contributed by atoms with Gasteiger partial charge in [0.15, 0.2) is 17.5 Å². The predicted molar refractivity (Wildman–Crippen MR) is 254 cm³/mol. The van der Waals surface area contributed by atoms with Crippen molar-refractivity contribution in [3.05, 3.63) is 218 Å². The van der Waals surface area contributed by atoms with Gasteiger partial charge in [0, 0.05) is 48.2 Å². The molecular formula is C56H36N4S. The summed E-state index contributed by atoms with van der Waals surface area (Å²) in [6, 6.07) is 76.3. The van der Waals surface area contributed by atoms with Crippen LogP contribution in [0.4, 0.5) is 0 Å². The Labute approximate surface area is 358 Å². The summed E-state index contributed by atoms with van der Waals surface area (Å²) >= 11 is 1.83. The van der Waals surface area contributed by atoms with Crippen LogP contribution in [0.15, 0.2) is 218 Å². The Bertz CT molecular complexity index is 3330. The highest BCUT2D eigenvalue weighted by Gasteiger charge is 2.23. The van der Waals surface area contributed by atoms with E-state index < -0.39 is 0 Å². The van der Waals surface area contributed by atoms with Gasteiger partial charge in [-0.25, -0.2) is 19.9 Å². The number of thiophene rings is 1. The van der Waals surface area contributed by atoms with Gasteiger partial charge in [0.05, 0.1) is 11.2 Å². The summed E-state index contributed by atoms with van der Waals surface area (Å²) in [4.78, 5) is 21.8. The average Bonchev–Trinajstić information content (AvgIpc) is 3.76. The molecule has 0 saturated heterocycles. The lowest BCUT2D eigenvalue weighted by Crippen LogP contribution is -2.00. The van der Waals surface area contributed by atoms with E-state index in [9.17, 15) is 0 Å². The summed E-state index contributed by atoms with van der Waals surface area (Å²) < 4.78 is 1.22. The summed E-state index contributed by atoms with van der Waals surface area (Å²) in [7, 11) is 0. The van der Waals surface area contributed by atoms with Crippen molar-refractivity contribution in [1.82, 2.24) is 19.9 Å². The summed E-state index contributed by atoms with van der Waals surface area (Å²) in [5.74, 6) is 1.88. The third-order valence-corrected chi connectivity index (χ3v) is 12.4. The first kappa shape index (κ1) is 36.2. The molecule has 0 amide bonds. The smallest absolute Gasteiger partial charge is 0.164 e. The van der Waals surface area contributed by atoms with Gasteiger partial charge in [-0.2, -0.15) is 0 Å². The highest BCUT2D eigenvalue weighted by atomic mass is 32.1. The Morgan fingerprint density at radius 1 is 0.295 bits per heavy atom. The molecule has 0 bridgehead atoms. The second-order valence-electron chi connectivity index (χ2n) is 15.0. The first-order valence-electron chi connectivity index (χ1n) is 20.4. The number of aromatic nitrogens is 4. The number of nitrogens with zero attached hydrogens (tertiary/aromatic N) is 4. The maximum Gasteiger partial charge on any atom is 0.164 e. The van der Waals surface area contributed by atoms with Gasteiger partial charge >= 0.3 is 0 Å². The fraction of sp³-hybridized carbons (Fsp3) is 0. The zero-order valence-electron chi connectivity index (χ0n) is 33.0. The summed E-state index contributed by atoms with van der Waals surface area (Å²) in [5, 5.41) is 2.31. The van der Waals surface area contributed by atoms with Crippen LogP contribution in [0.3, 0.4) is 0 Å². The first-order chi connectivity index (χ1) is 30.2. The second-order valence-corrected chi connectivity index (χ2v) is 16.0. The topological polar surface area (TPSA) is 51.6 Å². The number of fused-ring (bicyclic) bond motifs is 3. The molecule has 5 heteroatoms. The molecule has 0 unspecified atom stereocenters. The molecule has 4 nitrogen and oxygen atoms in total. The number of benzene rings is 8. The quantitative estimate of drug-likeness (QED) is 0.154. The Morgan fingerprint density at radius 2 is 0.721 bits per heavy atom. The van der Waals surface area contributed by atoms with Crippen LogP contribution in [0, 0.1) is 0 Å². The molecule has 3 aromatic heterocycles. The Morgan fingerprint density at radius 3 is 1.33 bits per heavy atom. The van der Waals surface area contributed by atoms with Crippen LogP contribution in [0.5, 0.6) is 0 Å². The van der Waals surface area contributed by atoms with E-state index in [1.165, 1.54) is 26.3 Å². The standard InChI is InChI=1S/C56H36N4S/c1-5-17-37(18-6-1)43-25-15-27-45(35-43)49-50-51(39-21-9-3-10-22-39)57-48-30-14-13-29-47(48)53(50)61-52(49)40-31-33-42(34-32-40)55-58-54(41-23-11-4-12-24-41)59-56(60-55)46-28-16-26-44(36-46)38-19-7-2-8-20-38/h1-36H. The molecule has 0 spiro atoms. The normalized spacial score (nSPS) is 11.3. The lowest BCUT2D eigenvalue weighted by molar-refractivity contribution is 1.07. The molecule has 0 fully saturated rings. The molecule has 0 saturated carbocycles. The maximum atomic E-state index is 5.37. The first-order valence-corrected chi connectivity index (χ1v) is 21.2. The second kappa shape index (κ2) is 15.7. The highest BCUT2D eigenvalue weighted by molar-refractivity contribution is 7.24. The van der Waals surface area contributed by atoms with E-state index in [0.29, 0.717) is 17.5 Å². The van der Waals surface area contributed by atoms with Crippen molar-refractivity contribution in [2.45, 2.75) is 0 Å². The Hall–Kier alpha value is -7.86. The zero-order valence-corrected chi connectivity index (χ0v) is 33.8. The van der Waals surface area contributed by atoms with Gasteiger partial charge in [0.1, 0.15) is 0 Å². The Balaban J connectivity index is 1.09. The van der Waals surface area contributed by atoms with Crippen molar-refractivity contribution in [2.24, 2.45) is 0 Å². The molecule has 3 heterocycles. The zero-order chi connectivity index (χ0) is 40.5. The minimum Gasteiger partial charge on any atom is -0.247 e. The molecule has 0 aliphatic rings. The number of rotatable bonds is 8. The van der Waals surface area contributed by atoms with Crippen LogP contribution in [-0.2, 0) is 0 Å². The summed E-state index contributed by atoms with van der Waals surface area (Å²) in [6.07, 6.45) is 0. The van der Waals surface area contributed by atoms with Crippen molar-refractivity contribution in [3.63, 3.8) is 0 Å². The fourth-order valence-corrected chi connectivity index (χ4v) is 9.51. The third kappa shape index (κ3) is 6.97. The van der Waals surface area contributed by atoms with Gasteiger partial charge in [-0.1, -0.05) is 200 Å². The fourth-order valence-electron chi connectivity index (χ4n) is 8.14. The average molecular weight is 797 g/mol. The van der Waals surface area contributed by atoms with E-state index in [1.807, 2.05) is 47.7 Å². The van der Waals surface area contributed by atoms with Crippen LogP contribution >= 0.6 is 11.3 Å². The molecule has 11 aromatic rings. The van der Waals surface area contributed by atoms with Crippen LogP contribution in [0.25, 0.3) is 110 Å². The number of hydrogen-bond acceptors (Lipinski definition) is 5. The largest absolute Gasteiger partial charge is 0.247 e. The highest BCUT2D eigenvalue weighted by Crippen LogP contribution is 2.50. The number of pyridine rings is 1. The molecule has 0 N–H and O–H groups in total. The Kier molecular flexibility index (Phi) is 9.34. The summed E-state index contributed by atoms with van der Waals surface area (Å²) in [5.41, 5.74) is 13.9. The molecule has 0 radical (unpaired) electrons. The van der Waals surface area contributed by atoms with Gasteiger partial charge in [-0.15, -0.1) is 11.3 Å². The SMILES string of the molecule is c1ccc(-c2cccc(-c3nc(-c4ccccc4)nc(-c4ccc(-c5sc6c(c(-c7ccccc7)nc7ccccc76)c5-c5cccc(-c6ccccc6)c5)cc4)n3)c2)cc1. The van der Waals surface area contributed by atoms with Gasteiger partial charge in [0.25, 0.3) is 0 Å². The molecule has 61 heavy (non-hydrogen) atoms. The maximum absolute atomic E-state index is 5.37. The van der Waals surface area contributed by atoms with Crippen molar-refractivity contribution >= 4 is 32.3 Å². The van der Waals surface area contributed by atoms with Crippen LogP contribution < -0.4 is 0 Å². The number of hydrogen-bond donors (Lipinski definition) is 0. The van der Waals surface area contributed by atoms with Crippen molar-refractivity contribution in [1.29, 1.82) is 0 Å². The molecule has 8 aromatic carbocycles. The molecule has 0 aliphatic carbocycles. The van der Waals surface area contributed by atoms with E-state index in [0.717, 1.165) is 66.5 Å². The lowest BCUT2D eigenvalue weighted by Gasteiger charge is -2.12. The third-order valence-electron chi connectivity index (χ3n) is 11.1.